The van der Waals surface area contributed by atoms with Gasteiger partial charge in [0.1, 0.15) is 0 Å². The number of nitrogens with zero attached hydrogens (tertiary/aromatic N) is 4. The van der Waals surface area contributed by atoms with E-state index in [1.807, 2.05) is 17.4 Å². The number of amides is 2. The number of likely N-dealkylation sites (tertiary alicyclic amines) is 1. The largest absolute Gasteiger partial charge is 0.494 e. The highest BCUT2D eigenvalue weighted by atomic mass is 19.1. The molecule has 4 aromatic rings. The second-order valence-corrected chi connectivity index (χ2v) is 10.2. The molecule has 2 atom stereocenters. The van der Waals surface area contributed by atoms with E-state index in [0.717, 1.165) is 5.56 Å². The number of aliphatic hydroxyl groups is 1. The standard InChI is InChI=1S/C30H34FN7O4/c1-18-14-20(5-6-21(18)30(41)37-12-8-22(25(39)17-37)29(40)34-10-9-32-2)36-27-28-35-16-24(38(28)13-11-33-27)19-4-7-26(42-3)23(31)15-19/h4-7,11,13-16,22,25,32,39H,8-10,12,17H2,1-3H3,(H,33,36)(H,34,40)/t22-,25+/m1/s1. The molecule has 12 heteroatoms. The number of benzene rings is 2. The zero-order chi connectivity index (χ0) is 29.8. The Hall–Kier alpha value is -4.55. The minimum absolute atomic E-state index is 0.0919. The third kappa shape index (κ3) is 5.90. The van der Waals surface area contributed by atoms with E-state index in [0.29, 0.717) is 60.0 Å². The number of fused-ring (bicyclic) bond motifs is 1. The van der Waals surface area contributed by atoms with Crippen molar-refractivity contribution in [2.24, 2.45) is 5.92 Å². The number of anilines is 2. The van der Waals surface area contributed by atoms with Crippen molar-refractivity contribution in [3.8, 4) is 17.0 Å². The minimum Gasteiger partial charge on any atom is -0.494 e. The van der Waals surface area contributed by atoms with E-state index >= 15 is 0 Å². The van der Waals surface area contributed by atoms with Gasteiger partial charge >= 0.3 is 0 Å². The molecule has 1 fully saturated rings. The van der Waals surface area contributed by atoms with Gasteiger partial charge in [0.15, 0.2) is 23.0 Å². The number of aryl methyl sites for hydroxylation is 1. The number of aromatic nitrogens is 3. The third-order valence-corrected chi connectivity index (χ3v) is 7.48. The topological polar surface area (TPSA) is 133 Å². The molecule has 42 heavy (non-hydrogen) atoms. The van der Waals surface area contributed by atoms with Crippen molar-refractivity contribution in [1.29, 1.82) is 0 Å². The van der Waals surface area contributed by atoms with Crippen molar-refractivity contribution in [1.82, 2.24) is 29.9 Å². The Labute approximate surface area is 242 Å². The zero-order valence-electron chi connectivity index (χ0n) is 23.7. The van der Waals surface area contributed by atoms with E-state index in [9.17, 15) is 19.1 Å². The predicted octanol–water partition coefficient (Wildman–Crippen LogP) is 2.75. The van der Waals surface area contributed by atoms with Crippen LogP contribution in [0.2, 0.25) is 0 Å². The molecule has 0 aliphatic carbocycles. The average molecular weight is 576 g/mol. The molecule has 0 bridgehead atoms. The lowest BCUT2D eigenvalue weighted by Crippen LogP contribution is -2.51. The number of halogens is 1. The number of hydrogen-bond acceptors (Lipinski definition) is 8. The van der Waals surface area contributed by atoms with Crippen LogP contribution in [-0.4, -0.2) is 82.6 Å². The number of methoxy groups -OCH3 is 1. The van der Waals surface area contributed by atoms with Gasteiger partial charge < -0.3 is 30.7 Å². The first-order chi connectivity index (χ1) is 20.3. The van der Waals surface area contributed by atoms with Crippen LogP contribution in [0, 0.1) is 18.7 Å². The first kappa shape index (κ1) is 29.0. The number of imidazole rings is 1. The van der Waals surface area contributed by atoms with Gasteiger partial charge in [0, 0.05) is 55.4 Å². The lowest BCUT2D eigenvalue weighted by Gasteiger charge is -2.35. The van der Waals surface area contributed by atoms with E-state index in [2.05, 4.69) is 25.9 Å². The predicted molar refractivity (Wildman–Crippen MR) is 156 cm³/mol. The fourth-order valence-corrected chi connectivity index (χ4v) is 5.20. The quantitative estimate of drug-likeness (QED) is 0.224. The van der Waals surface area contributed by atoms with Crippen molar-refractivity contribution >= 4 is 29.0 Å². The van der Waals surface area contributed by atoms with Crippen molar-refractivity contribution in [3.05, 3.63) is 71.9 Å². The molecule has 3 heterocycles. The summed E-state index contributed by atoms with van der Waals surface area (Å²) in [7, 11) is 3.22. The van der Waals surface area contributed by atoms with Crippen molar-refractivity contribution in [3.63, 3.8) is 0 Å². The van der Waals surface area contributed by atoms with Crippen LogP contribution in [0.3, 0.4) is 0 Å². The fourth-order valence-electron chi connectivity index (χ4n) is 5.20. The monoisotopic (exact) mass is 575 g/mol. The van der Waals surface area contributed by atoms with Gasteiger partial charge in [-0.15, -0.1) is 0 Å². The summed E-state index contributed by atoms with van der Waals surface area (Å²) in [5.74, 6) is -0.738. The van der Waals surface area contributed by atoms with E-state index in [-0.39, 0.29) is 24.1 Å². The second kappa shape index (κ2) is 12.5. The maximum Gasteiger partial charge on any atom is 0.254 e. The molecular weight excluding hydrogens is 541 g/mol. The Balaban J connectivity index is 1.28. The fraction of sp³-hybridized carbons (Fsp3) is 0.333. The van der Waals surface area contributed by atoms with E-state index in [1.165, 1.54) is 13.2 Å². The molecule has 1 saturated heterocycles. The summed E-state index contributed by atoms with van der Waals surface area (Å²) in [4.78, 5) is 36.3. The third-order valence-electron chi connectivity index (χ3n) is 7.48. The highest BCUT2D eigenvalue weighted by Gasteiger charge is 2.35. The average Bonchev–Trinajstić information content (AvgIpc) is 3.42. The summed E-state index contributed by atoms with van der Waals surface area (Å²) in [5, 5.41) is 19.7. The number of aliphatic hydroxyl groups excluding tert-OH is 1. The molecule has 11 nitrogen and oxygen atoms in total. The number of carbonyl (C=O) groups excluding carboxylic acids is 2. The number of ether oxygens (including phenoxy) is 1. The van der Waals surface area contributed by atoms with Crippen molar-refractivity contribution in [2.45, 2.75) is 19.4 Å². The molecule has 5 rings (SSSR count). The van der Waals surface area contributed by atoms with E-state index < -0.39 is 17.8 Å². The van der Waals surface area contributed by atoms with Gasteiger partial charge in [0.25, 0.3) is 5.91 Å². The highest BCUT2D eigenvalue weighted by Crippen LogP contribution is 2.29. The lowest BCUT2D eigenvalue weighted by atomic mass is 9.92. The van der Waals surface area contributed by atoms with Gasteiger partial charge in [0.2, 0.25) is 5.91 Å². The number of nitrogens with one attached hydrogen (secondary N) is 3. The molecule has 0 spiro atoms. The van der Waals surface area contributed by atoms with Crippen LogP contribution in [0.5, 0.6) is 5.75 Å². The highest BCUT2D eigenvalue weighted by molar-refractivity contribution is 5.96. The van der Waals surface area contributed by atoms with Gasteiger partial charge in [-0.2, -0.15) is 0 Å². The maximum atomic E-state index is 14.3. The van der Waals surface area contributed by atoms with Gasteiger partial charge in [-0.1, -0.05) is 0 Å². The Morgan fingerprint density at radius 2 is 2.00 bits per heavy atom. The van der Waals surface area contributed by atoms with Crippen LogP contribution in [0.1, 0.15) is 22.3 Å². The van der Waals surface area contributed by atoms with E-state index in [4.69, 9.17) is 4.74 Å². The molecule has 1 aliphatic rings. The van der Waals surface area contributed by atoms with Crippen LogP contribution < -0.4 is 20.7 Å². The molecular formula is C30H34FN7O4. The first-order valence-electron chi connectivity index (χ1n) is 13.7. The number of β-amino-alcohol motifs (C(OH)–C–C–N with tert-alkyl or cyclic N) is 1. The molecule has 0 unspecified atom stereocenters. The lowest BCUT2D eigenvalue weighted by molar-refractivity contribution is -0.130. The SMILES string of the molecule is CNCCNC(=O)[C@@H]1CCN(C(=O)c2ccc(Nc3nccn4c(-c5ccc(OC)c(F)c5)cnc34)cc2C)C[C@@H]1O. The molecule has 220 valence electrons. The summed E-state index contributed by atoms with van der Waals surface area (Å²) < 4.78 is 21.2. The Morgan fingerprint density at radius 1 is 1.17 bits per heavy atom. The molecule has 2 aromatic heterocycles. The summed E-state index contributed by atoms with van der Waals surface area (Å²) in [6.45, 7) is 3.44. The van der Waals surface area contributed by atoms with Gasteiger partial charge in [-0.05, 0) is 62.4 Å². The molecule has 0 radical (unpaired) electrons. The molecule has 1 aliphatic heterocycles. The summed E-state index contributed by atoms with van der Waals surface area (Å²) in [6.07, 6.45) is 4.49. The van der Waals surface area contributed by atoms with E-state index in [1.54, 1.807) is 54.8 Å². The Kier molecular flexibility index (Phi) is 8.64. The maximum absolute atomic E-state index is 14.3. The van der Waals surface area contributed by atoms with Crippen molar-refractivity contribution < 1.29 is 23.8 Å². The number of rotatable bonds is 9. The number of piperidine rings is 1. The number of carbonyl (C=O) groups is 2. The normalized spacial score (nSPS) is 16.8. The zero-order valence-corrected chi connectivity index (χ0v) is 23.7. The summed E-state index contributed by atoms with van der Waals surface area (Å²) >= 11 is 0. The smallest absolute Gasteiger partial charge is 0.254 e. The molecule has 2 aromatic carbocycles. The summed E-state index contributed by atoms with van der Waals surface area (Å²) in [6, 6.07) is 10.1. The van der Waals surface area contributed by atoms with Crippen LogP contribution >= 0.6 is 0 Å². The van der Waals surface area contributed by atoms with Crippen molar-refractivity contribution in [2.75, 3.05) is 45.7 Å². The van der Waals surface area contributed by atoms with Crippen LogP contribution in [0.25, 0.3) is 16.9 Å². The van der Waals surface area contributed by atoms with Gasteiger partial charge in [0.05, 0.1) is 31.0 Å². The van der Waals surface area contributed by atoms with Crippen LogP contribution in [-0.2, 0) is 4.79 Å². The number of likely N-dealkylation sites (N-methyl/N-ethyl adjacent to an activating group) is 1. The van der Waals surface area contributed by atoms with Crippen LogP contribution in [0.4, 0.5) is 15.9 Å². The Bertz CT molecular complexity index is 1610. The molecule has 4 N–H and O–H groups in total. The Morgan fingerprint density at radius 3 is 2.71 bits per heavy atom. The van der Waals surface area contributed by atoms with Gasteiger partial charge in [-0.3, -0.25) is 14.0 Å². The first-order valence-corrected chi connectivity index (χ1v) is 13.7. The number of hydrogen-bond donors (Lipinski definition) is 4. The summed E-state index contributed by atoms with van der Waals surface area (Å²) in [5.41, 5.74) is 3.85. The molecule has 2 amide bonds. The second-order valence-electron chi connectivity index (χ2n) is 10.2. The minimum atomic E-state index is -0.932. The van der Waals surface area contributed by atoms with Gasteiger partial charge in [-0.25, -0.2) is 14.4 Å². The van der Waals surface area contributed by atoms with Crippen LogP contribution in [0.15, 0.2) is 55.0 Å². The molecule has 0 saturated carbocycles.